The molecule has 2 heterocycles. The van der Waals surface area contributed by atoms with Gasteiger partial charge in [-0.3, -0.25) is 0 Å². The first kappa shape index (κ1) is 25.0. The number of halogens is 2. The third-order valence-electron chi connectivity index (χ3n) is 4.56. The zero-order chi connectivity index (χ0) is 24.2. The molecule has 0 amide bonds. The van der Waals surface area contributed by atoms with Gasteiger partial charge >= 0.3 is 0 Å². The van der Waals surface area contributed by atoms with Crippen molar-refractivity contribution in [3.05, 3.63) is 94.8 Å². The van der Waals surface area contributed by atoms with Crippen molar-refractivity contribution in [2.45, 2.75) is 13.1 Å². The van der Waals surface area contributed by atoms with Crippen LogP contribution in [0.5, 0.6) is 11.5 Å². The number of ether oxygens (including phenoxy) is 2. The normalized spacial score (nSPS) is 10.0. The highest BCUT2D eigenvalue weighted by molar-refractivity contribution is 6.28. The molecule has 0 spiro atoms. The minimum Gasteiger partial charge on any atom is -0.496 e. The van der Waals surface area contributed by atoms with Gasteiger partial charge in [-0.25, -0.2) is 19.9 Å². The molecule has 176 valence electrons. The maximum Gasteiger partial charge on any atom is 0.224 e. The van der Waals surface area contributed by atoms with Gasteiger partial charge in [0.1, 0.15) is 23.1 Å². The summed E-state index contributed by atoms with van der Waals surface area (Å²) in [5.41, 5.74) is 2.12. The highest BCUT2D eigenvalue weighted by atomic mass is 35.5. The smallest absolute Gasteiger partial charge is 0.224 e. The lowest BCUT2D eigenvalue weighted by Gasteiger charge is -2.09. The van der Waals surface area contributed by atoms with E-state index in [0.29, 0.717) is 24.7 Å². The Morgan fingerprint density at radius 1 is 0.647 bits per heavy atom. The van der Waals surface area contributed by atoms with E-state index in [9.17, 15) is 0 Å². The Kier molecular flexibility index (Phi) is 9.69. The fraction of sp³-hybridized carbons (Fsp3) is 0.167. The molecular formula is C24H24Cl2N6O2. The zero-order valence-electron chi connectivity index (χ0n) is 18.7. The minimum atomic E-state index is 0.232. The van der Waals surface area contributed by atoms with Gasteiger partial charge in [0, 0.05) is 36.6 Å². The molecule has 4 aromatic rings. The number of hydrogen-bond donors (Lipinski definition) is 2. The van der Waals surface area contributed by atoms with Crippen molar-refractivity contribution in [1.82, 2.24) is 19.9 Å². The van der Waals surface area contributed by atoms with Crippen LogP contribution in [-0.2, 0) is 13.1 Å². The topological polar surface area (TPSA) is 94.1 Å². The molecule has 0 unspecified atom stereocenters. The van der Waals surface area contributed by atoms with Crippen LogP contribution in [0, 0.1) is 0 Å². The Morgan fingerprint density at radius 2 is 1.06 bits per heavy atom. The molecule has 0 fully saturated rings. The molecule has 0 aliphatic rings. The summed E-state index contributed by atoms with van der Waals surface area (Å²) >= 11 is 11.4. The maximum absolute atomic E-state index is 5.70. The van der Waals surface area contributed by atoms with E-state index in [1.54, 1.807) is 38.7 Å². The van der Waals surface area contributed by atoms with Crippen LogP contribution in [0.4, 0.5) is 11.6 Å². The lowest BCUT2D eigenvalue weighted by Crippen LogP contribution is -2.03. The fourth-order valence-corrected chi connectivity index (χ4v) is 3.23. The summed E-state index contributed by atoms with van der Waals surface area (Å²) in [5.74, 6) is 3.08. The summed E-state index contributed by atoms with van der Waals surface area (Å²) in [5, 5.41) is 6.78. The summed E-state index contributed by atoms with van der Waals surface area (Å²) in [4.78, 5) is 15.7. The van der Waals surface area contributed by atoms with Crippen molar-refractivity contribution < 1.29 is 9.47 Å². The van der Waals surface area contributed by atoms with E-state index in [4.69, 9.17) is 32.7 Å². The number of nitrogens with zero attached hydrogens (tertiary/aromatic N) is 4. The van der Waals surface area contributed by atoms with E-state index < -0.39 is 0 Å². The van der Waals surface area contributed by atoms with Gasteiger partial charge in [0.15, 0.2) is 0 Å². The number of benzene rings is 2. The first-order valence-corrected chi connectivity index (χ1v) is 11.0. The van der Waals surface area contributed by atoms with Gasteiger partial charge in [0.05, 0.1) is 14.2 Å². The molecule has 34 heavy (non-hydrogen) atoms. The second-order valence-corrected chi connectivity index (χ2v) is 7.43. The third-order valence-corrected chi connectivity index (χ3v) is 4.92. The van der Waals surface area contributed by atoms with Crippen molar-refractivity contribution in [3.63, 3.8) is 0 Å². The maximum atomic E-state index is 5.70. The van der Waals surface area contributed by atoms with Crippen LogP contribution in [0.1, 0.15) is 11.1 Å². The van der Waals surface area contributed by atoms with Crippen molar-refractivity contribution >= 4 is 34.8 Å². The van der Waals surface area contributed by atoms with E-state index in [1.165, 1.54) is 0 Å². The van der Waals surface area contributed by atoms with Gasteiger partial charge in [0.2, 0.25) is 10.6 Å². The van der Waals surface area contributed by atoms with Crippen molar-refractivity contribution in [2.75, 3.05) is 24.9 Å². The molecule has 4 rings (SSSR count). The van der Waals surface area contributed by atoms with Crippen LogP contribution >= 0.6 is 23.2 Å². The number of hydrogen-bond acceptors (Lipinski definition) is 8. The van der Waals surface area contributed by atoms with Crippen LogP contribution in [0.25, 0.3) is 0 Å². The molecule has 0 saturated heterocycles. The third kappa shape index (κ3) is 7.75. The summed E-state index contributed by atoms with van der Waals surface area (Å²) < 4.78 is 10.5. The summed E-state index contributed by atoms with van der Waals surface area (Å²) in [7, 11) is 3.31. The molecule has 0 saturated carbocycles. The Balaban J connectivity index is 0.000000191. The minimum absolute atomic E-state index is 0.232. The molecule has 0 radical (unpaired) electrons. The molecule has 10 heteroatoms. The summed E-state index contributed by atoms with van der Waals surface area (Å²) in [6.45, 7) is 1.24. The van der Waals surface area contributed by atoms with Crippen molar-refractivity contribution in [3.8, 4) is 11.5 Å². The second-order valence-electron chi connectivity index (χ2n) is 6.75. The number of aromatic nitrogens is 4. The molecule has 2 N–H and O–H groups in total. The Bertz CT molecular complexity index is 1100. The van der Waals surface area contributed by atoms with E-state index in [2.05, 4.69) is 30.6 Å². The lowest BCUT2D eigenvalue weighted by molar-refractivity contribution is 0.410. The predicted octanol–water partition coefficient (Wildman–Crippen LogP) is 5.50. The SMILES string of the molecule is COc1ccccc1CNc1ccnc(Cl)n1.COc1ccccc1CNc1ccnc(Cl)n1. The molecule has 0 bridgehead atoms. The van der Waals surface area contributed by atoms with Crippen molar-refractivity contribution in [1.29, 1.82) is 0 Å². The molecule has 0 atom stereocenters. The molecule has 2 aromatic carbocycles. The van der Waals surface area contributed by atoms with E-state index in [0.717, 1.165) is 22.6 Å². The van der Waals surface area contributed by atoms with Crippen LogP contribution < -0.4 is 20.1 Å². The van der Waals surface area contributed by atoms with Crippen LogP contribution in [-0.4, -0.2) is 34.2 Å². The second kappa shape index (κ2) is 13.2. The van der Waals surface area contributed by atoms with Crippen LogP contribution in [0.2, 0.25) is 10.6 Å². The standard InChI is InChI=1S/2C12H12ClN3O/c2*1-17-10-5-3-2-4-9(10)8-15-11-6-7-14-12(13)16-11/h2*2-7H,8H2,1H3,(H,14,15,16). The molecule has 2 aromatic heterocycles. The molecule has 8 nitrogen and oxygen atoms in total. The molecule has 0 aliphatic carbocycles. The highest BCUT2D eigenvalue weighted by Crippen LogP contribution is 2.19. The van der Waals surface area contributed by atoms with Crippen molar-refractivity contribution in [2.24, 2.45) is 0 Å². The van der Waals surface area contributed by atoms with Gasteiger partial charge in [0.25, 0.3) is 0 Å². The lowest BCUT2D eigenvalue weighted by atomic mass is 10.2. The number of rotatable bonds is 8. The average Bonchev–Trinajstić information content (AvgIpc) is 2.87. The first-order valence-electron chi connectivity index (χ1n) is 10.3. The number of anilines is 2. The molecule has 0 aliphatic heterocycles. The van der Waals surface area contributed by atoms with E-state index >= 15 is 0 Å². The quantitative estimate of drug-likeness (QED) is 0.307. The number of para-hydroxylation sites is 2. The van der Waals surface area contributed by atoms with Gasteiger partial charge in [-0.05, 0) is 47.5 Å². The van der Waals surface area contributed by atoms with Gasteiger partial charge in [-0.15, -0.1) is 0 Å². The van der Waals surface area contributed by atoms with Crippen LogP contribution in [0.3, 0.4) is 0 Å². The Morgan fingerprint density at radius 3 is 1.44 bits per heavy atom. The van der Waals surface area contributed by atoms with Gasteiger partial charge in [-0.2, -0.15) is 0 Å². The fourth-order valence-electron chi connectivity index (χ4n) is 2.94. The largest absolute Gasteiger partial charge is 0.496 e. The predicted molar refractivity (Wildman–Crippen MR) is 135 cm³/mol. The number of methoxy groups -OCH3 is 2. The number of nitrogens with one attached hydrogen (secondary N) is 2. The monoisotopic (exact) mass is 498 g/mol. The Labute approximate surface area is 208 Å². The molecular weight excluding hydrogens is 475 g/mol. The van der Waals surface area contributed by atoms with E-state index in [1.807, 2.05) is 48.5 Å². The Hall–Kier alpha value is -3.62. The van der Waals surface area contributed by atoms with Crippen LogP contribution in [0.15, 0.2) is 73.1 Å². The zero-order valence-corrected chi connectivity index (χ0v) is 20.2. The highest BCUT2D eigenvalue weighted by Gasteiger charge is 2.03. The first-order chi connectivity index (χ1) is 16.6. The average molecular weight is 499 g/mol. The summed E-state index contributed by atoms with van der Waals surface area (Å²) in [6, 6.07) is 19.2. The summed E-state index contributed by atoms with van der Waals surface area (Å²) in [6.07, 6.45) is 3.22. The van der Waals surface area contributed by atoms with Gasteiger partial charge < -0.3 is 20.1 Å². The van der Waals surface area contributed by atoms with Gasteiger partial charge in [-0.1, -0.05) is 36.4 Å². The van der Waals surface area contributed by atoms with E-state index in [-0.39, 0.29) is 10.6 Å².